The zero-order valence-corrected chi connectivity index (χ0v) is 19.4. The molecule has 1 unspecified atom stereocenters. The van der Waals surface area contributed by atoms with E-state index >= 15 is 0 Å². The second-order valence-electron chi connectivity index (χ2n) is 9.18. The Balaban J connectivity index is 1.43. The smallest absolute Gasteiger partial charge is 0.376 e. The third-order valence-corrected chi connectivity index (χ3v) is 9.04. The van der Waals surface area contributed by atoms with Gasteiger partial charge in [-0.1, -0.05) is 12.1 Å². The average molecular weight is 487 g/mol. The van der Waals surface area contributed by atoms with Crippen LogP contribution >= 0.6 is 0 Å². The third-order valence-electron chi connectivity index (χ3n) is 7.01. The summed E-state index contributed by atoms with van der Waals surface area (Å²) < 4.78 is 69.2. The highest BCUT2D eigenvalue weighted by Crippen LogP contribution is 2.39. The predicted molar refractivity (Wildman–Crippen MR) is 116 cm³/mol. The van der Waals surface area contributed by atoms with Gasteiger partial charge in [0.05, 0.1) is 11.2 Å². The fourth-order valence-corrected chi connectivity index (χ4v) is 6.54. The molecular weight excluding hydrogens is 457 g/mol. The van der Waals surface area contributed by atoms with Crippen LogP contribution in [-0.4, -0.2) is 70.2 Å². The summed E-state index contributed by atoms with van der Waals surface area (Å²) >= 11 is 0. The molecule has 4 atom stereocenters. The van der Waals surface area contributed by atoms with Gasteiger partial charge >= 0.3 is 6.18 Å². The van der Waals surface area contributed by atoms with E-state index in [0.29, 0.717) is 38.6 Å². The van der Waals surface area contributed by atoms with Crippen molar-refractivity contribution in [3.8, 4) is 0 Å². The van der Waals surface area contributed by atoms with Gasteiger partial charge in [0.1, 0.15) is 0 Å². The molecule has 1 saturated carbocycles. The second kappa shape index (κ2) is 8.68. The van der Waals surface area contributed by atoms with Crippen LogP contribution in [0, 0.1) is 0 Å². The summed E-state index contributed by atoms with van der Waals surface area (Å²) in [6.45, 7) is 4.03. The maximum Gasteiger partial charge on any atom is 0.421 e. The molecule has 1 aromatic heterocycles. The minimum Gasteiger partial charge on any atom is -0.376 e. The molecule has 2 fully saturated rings. The quantitative estimate of drug-likeness (QED) is 0.703. The monoisotopic (exact) mass is 486 g/mol. The highest BCUT2D eigenvalue weighted by molar-refractivity contribution is 7.89. The topological polar surface area (TPSA) is 78.7 Å². The van der Waals surface area contributed by atoms with Crippen molar-refractivity contribution < 1.29 is 26.7 Å². The van der Waals surface area contributed by atoms with Crippen LogP contribution in [0.5, 0.6) is 0 Å². The van der Waals surface area contributed by atoms with E-state index in [1.165, 1.54) is 4.31 Å². The first kappa shape index (κ1) is 24.2. The molecule has 1 N–H and O–H groups in total. The van der Waals surface area contributed by atoms with E-state index in [0.717, 1.165) is 43.5 Å². The van der Waals surface area contributed by atoms with Crippen LogP contribution in [0.3, 0.4) is 0 Å². The fourth-order valence-electron chi connectivity index (χ4n) is 4.93. The Morgan fingerprint density at radius 1 is 1.09 bits per heavy atom. The van der Waals surface area contributed by atoms with Crippen LogP contribution in [0.15, 0.2) is 47.9 Å². The molecule has 0 spiro atoms. The number of halogens is 3. The number of hydrogen-bond acceptors (Lipinski definition) is 5. The molecule has 182 valence electrons. The van der Waals surface area contributed by atoms with Gasteiger partial charge in [-0.25, -0.2) is 13.4 Å². The summed E-state index contributed by atoms with van der Waals surface area (Å²) in [7, 11) is -3.87. The lowest BCUT2D eigenvalue weighted by Gasteiger charge is -2.41. The van der Waals surface area contributed by atoms with Crippen LogP contribution in [0.1, 0.15) is 44.7 Å². The lowest BCUT2D eigenvalue weighted by Crippen LogP contribution is -2.56. The van der Waals surface area contributed by atoms with E-state index in [4.69, 9.17) is 0 Å². The van der Waals surface area contributed by atoms with Gasteiger partial charge in [0.25, 0.3) is 0 Å². The van der Waals surface area contributed by atoms with Crippen molar-refractivity contribution in [2.24, 2.45) is 0 Å². The Hall–Kier alpha value is -1.95. The first-order chi connectivity index (χ1) is 15.4. The lowest BCUT2D eigenvalue weighted by atomic mass is 9.96. The number of aliphatic hydroxyl groups is 1. The Kier molecular flexibility index (Phi) is 6.36. The van der Waals surface area contributed by atoms with E-state index in [1.807, 2.05) is 19.4 Å². The number of nitrogens with zero attached hydrogens (tertiary/aromatic N) is 4. The fraction of sp³-hybridized carbons (Fsp3) is 0.591. The molecule has 4 rings (SSSR count). The summed E-state index contributed by atoms with van der Waals surface area (Å²) in [4.78, 5) is 6.39. The van der Waals surface area contributed by atoms with Crippen molar-refractivity contribution in [2.75, 3.05) is 19.6 Å². The van der Waals surface area contributed by atoms with E-state index in [2.05, 4.69) is 14.5 Å². The lowest BCUT2D eigenvalue weighted by molar-refractivity contribution is -0.258. The van der Waals surface area contributed by atoms with Crippen molar-refractivity contribution in [2.45, 2.75) is 67.9 Å². The van der Waals surface area contributed by atoms with E-state index in [1.54, 1.807) is 6.20 Å². The predicted octanol–water partition coefficient (Wildman–Crippen LogP) is 3.14. The summed E-state index contributed by atoms with van der Waals surface area (Å²) in [5, 5.41) is 9.82. The van der Waals surface area contributed by atoms with Crippen molar-refractivity contribution in [3.63, 3.8) is 0 Å². The summed E-state index contributed by atoms with van der Waals surface area (Å²) in [6.07, 6.45) is 3.81. The number of aromatic nitrogens is 2. The first-order valence-electron chi connectivity index (χ1n) is 11.0. The number of alkyl halides is 3. The van der Waals surface area contributed by atoms with Crippen LogP contribution in [0.2, 0.25) is 0 Å². The highest BCUT2D eigenvalue weighted by Gasteiger charge is 2.51. The molecule has 2 aliphatic rings. The van der Waals surface area contributed by atoms with Gasteiger partial charge in [-0.3, -0.25) is 4.90 Å². The van der Waals surface area contributed by atoms with E-state index in [-0.39, 0.29) is 10.9 Å². The SMILES string of the molecule is C[C@@H]1CN([C@H]2CC[C@@H](n3ccnc3)C2)CCN1S(=O)(=O)c1ccc(C(C)(O)C(F)(F)F)cc1. The maximum atomic E-state index is 13.2. The van der Waals surface area contributed by atoms with E-state index < -0.39 is 27.4 Å². The van der Waals surface area contributed by atoms with Gasteiger partial charge < -0.3 is 9.67 Å². The zero-order valence-electron chi connectivity index (χ0n) is 18.6. The Bertz CT molecular complexity index is 1060. The third kappa shape index (κ3) is 4.55. The summed E-state index contributed by atoms with van der Waals surface area (Å²) in [5.74, 6) is 0. The minimum absolute atomic E-state index is 0.0782. The highest BCUT2D eigenvalue weighted by atomic mass is 32.2. The molecule has 2 aromatic rings. The molecule has 0 radical (unpaired) electrons. The summed E-state index contributed by atoms with van der Waals surface area (Å²) in [5.41, 5.74) is -3.45. The number of benzene rings is 1. The van der Waals surface area contributed by atoms with Gasteiger partial charge in [-0.15, -0.1) is 0 Å². The van der Waals surface area contributed by atoms with Gasteiger partial charge in [0.15, 0.2) is 5.60 Å². The van der Waals surface area contributed by atoms with Gasteiger partial charge in [-0.05, 0) is 50.8 Å². The number of imidazole rings is 1. The maximum absolute atomic E-state index is 13.2. The molecule has 2 heterocycles. The minimum atomic E-state index is -4.87. The van der Waals surface area contributed by atoms with Crippen LogP contribution in [-0.2, 0) is 15.6 Å². The largest absolute Gasteiger partial charge is 0.421 e. The molecule has 1 aliphatic carbocycles. The molecular formula is C22H29F3N4O3S. The molecule has 11 heteroatoms. The number of hydrogen-bond donors (Lipinski definition) is 1. The van der Waals surface area contributed by atoms with Crippen LogP contribution in [0.25, 0.3) is 0 Å². The van der Waals surface area contributed by atoms with Crippen molar-refractivity contribution in [3.05, 3.63) is 48.5 Å². The molecule has 1 aromatic carbocycles. The molecule has 0 amide bonds. The van der Waals surface area contributed by atoms with Crippen molar-refractivity contribution in [1.29, 1.82) is 0 Å². The molecule has 0 bridgehead atoms. The van der Waals surface area contributed by atoms with Crippen molar-refractivity contribution >= 4 is 10.0 Å². The number of rotatable bonds is 5. The van der Waals surface area contributed by atoms with Gasteiger partial charge in [-0.2, -0.15) is 17.5 Å². The molecule has 7 nitrogen and oxygen atoms in total. The van der Waals surface area contributed by atoms with Gasteiger partial charge in [0.2, 0.25) is 10.0 Å². The van der Waals surface area contributed by atoms with Crippen molar-refractivity contribution in [1.82, 2.24) is 18.8 Å². The first-order valence-corrected chi connectivity index (χ1v) is 12.5. The molecule has 33 heavy (non-hydrogen) atoms. The average Bonchev–Trinajstić information content (AvgIpc) is 3.44. The molecule has 1 saturated heterocycles. The summed E-state index contributed by atoms with van der Waals surface area (Å²) in [6, 6.07) is 4.84. The Morgan fingerprint density at radius 2 is 1.76 bits per heavy atom. The second-order valence-corrected chi connectivity index (χ2v) is 11.1. The van der Waals surface area contributed by atoms with Crippen LogP contribution < -0.4 is 0 Å². The van der Waals surface area contributed by atoms with Crippen LogP contribution in [0.4, 0.5) is 13.2 Å². The zero-order chi connectivity index (χ0) is 24.0. The Labute approximate surface area is 191 Å². The molecule has 1 aliphatic heterocycles. The van der Waals surface area contributed by atoms with E-state index in [9.17, 15) is 26.7 Å². The number of sulfonamides is 1. The standard InChI is InChI=1S/C22H29F3N4O3S/c1-16-14-27(18-5-6-19(13-18)28-10-9-26-15-28)11-12-29(16)33(31,32)20-7-3-17(4-8-20)21(2,30)22(23,24)25/h3-4,7-10,15-16,18-19,30H,5-6,11-14H2,1-2H3/t16-,18+,19-,21?/m1/s1. The number of piperazine rings is 1. The Morgan fingerprint density at radius 3 is 2.33 bits per heavy atom. The van der Waals surface area contributed by atoms with Gasteiger partial charge in [0, 0.05) is 50.2 Å². The normalized spacial score (nSPS) is 27.5.